The number of nitrogens with zero attached hydrogens (tertiary/aromatic N) is 3. The first kappa shape index (κ1) is 16.2. The summed E-state index contributed by atoms with van der Waals surface area (Å²) in [6, 6.07) is 7.04. The van der Waals surface area contributed by atoms with Crippen LogP contribution in [0.15, 0.2) is 29.6 Å². The third-order valence-corrected chi connectivity index (χ3v) is 5.58. The van der Waals surface area contributed by atoms with Crippen molar-refractivity contribution >= 4 is 33.7 Å². The molecule has 2 aromatic heterocycles. The van der Waals surface area contributed by atoms with E-state index in [1.54, 1.807) is 35.6 Å². The second-order valence-corrected chi connectivity index (χ2v) is 7.92. The molecule has 4 rings (SSSR count). The van der Waals surface area contributed by atoms with Gasteiger partial charge in [0, 0.05) is 16.9 Å². The second-order valence-electron chi connectivity index (χ2n) is 5.84. The Bertz CT molecular complexity index is 884. The number of hydrogen-bond donors (Lipinski definition) is 1. The van der Waals surface area contributed by atoms with Crippen LogP contribution in [0.5, 0.6) is 5.75 Å². The summed E-state index contributed by atoms with van der Waals surface area (Å²) in [5, 5.41) is 15.5. The van der Waals surface area contributed by atoms with Crippen molar-refractivity contribution in [2.75, 3.05) is 5.32 Å². The number of nitrogens with one attached hydrogen (secondary N) is 1. The molecule has 1 aliphatic rings. The number of aryl methyl sites for hydroxylation is 1. The highest BCUT2D eigenvalue weighted by molar-refractivity contribution is 7.15. The molecule has 0 saturated heterocycles. The lowest BCUT2D eigenvalue weighted by molar-refractivity contribution is 0.102. The standard InChI is InChI=1S/C17H16N4O2S2/c1-10-18-13(9-24-10)8-23-14-6-4-11(5-7-14)15(22)19-17-21-20-16(25-17)12-2-3-12/h4-7,9,12H,2-3,8H2,1H3,(H,19,21,22). The highest BCUT2D eigenvalue weighted by Gasteiger charge is 2.27. The van der Waals surface area contributed by atoms with E-state index in [4.69, 9.17) is 4.74 Å². The van der Waals surface area contributed by atoms with Crippen molar-refractivity contribution in [3.63, 3.8) is 0 Å². The first-order valence-electron chi connectivity index (χ1n) is 7.96. The van der Waals surface area contributed by atoms with E-state index in [0.717, 1.165) is 15.7 Å². The van der Waals surface area contributed by atoms with Crippen molar-refractivity contribution in [3.05, 3.63) is 50.9 Å². The highest BCUT2D eigenvalue weighted by Crippen LogP contribution is 2.42. The fraction of sp³-hybridized carbons (Fsp3) is 0.294. The molecule has 25 heavy (non-hydrogen) atoms. The molecule has 8 heteroatoms. The van der Waals surface area contributed by atoms with Crippen LogP contribution in [0.1, 0.15) is 44.8 Å². The summed E-state index contributed by atoms with van der Waals surface area (Å²) in [6.07, 6.45) is 2.34. The summed E-state index contributed by atoms with van der Waals surface area (Å²) >= 11 is 3.05. The monoisotopic (exact) mass is 372 g/mol. The molecule has 128 valence electrons. The lowest BCUT2D eigenvalue weighted by Crippen LogP contribution is -2.11. The molecule has 1 amide bonds. The number of amides is 1. The summed E-state index contributed by atoms with van der Waals surface area (Å²) in [5.41, 5.74) is 1.46. The molecule has 2 heterocycles. The third kappa shape index (κ3) is 4.02. The predicted molar refractivity (Wildman–Crippen MR) is 97.5 cm³/mol. The van der Waals surface area contributed by atoms with Crippen LogP contribution in [0, 0.1) is 6.92 Å². The zero-order chi connectivity index (χ0) is 17.2. The van der Waals surface area contributed by atoms with Gasteiger partial charge in [0.05, 0.1) is 10.7 Å². The van der Waals surface area contributed by atoms with Gasteiger partial charge in [-0.25, -0.2) is 4.98 Å². The maximum absolute atomic E-state index is 12.3. The van der Waals surface area contributed by atoms with Gasteiger partial charge in [0.2, 0.25) is 5.13 Å². The Morgan fingerprint density at radius 3 is 2.76 bits per heavy atom. The van der Waals surface area contributed by atoms with Gasteiger partial charge in [0.1, 0.15) is 17.4 Å². The number of anilines is 1. The average molecular weight is 372 g/mol. The zero-order valence-corrected chi connectivity index (χ0v) is 15.2. The molecule has 0 radical (unpaired) electrons. The van der Waals surface area contributed by atoms with Gasteiger partial charge < -0.3 is 4.74 Å². The second kappa shape index (κ2) is 6.89. The van der Waals surface area contributed by atoms with E-state index in [1.807, 2.05) is 12.3 Å². The molecule has 1 aromatic carbocycles. The lowest BCUT2D eigenvalue weighted by Gasteiger charge is -2.05. The molecular formula is C17H16N4O2S2. The normalized spacial score (nSPS) is 13.6. The third-order valence-electron chi connectivity index (χ3n) is 3.76. The van der Waals surface area contributed by atoms with E-state index in [0.29, 0.717) is 29.0 Å². The molecule has 3 aromatic rings. The maximum atomic E-state index is 12.3. The van der Waals surface area contributed by atoms with Crippen LogP contribution in [-0.4, -0.2) is 21.1 Å². The number of hydrogen-bond acceptors (Lipinski definition) is 7. The van der Waals surface area contributed by atoms with E-state index in [1.165, 1.54) is 24.2 Å². The molecule has 6 nitrogen and oxygen atoms in total. The number of carbonyl (C=O) groups excluding carboxylic acids is 1. The molecule has 0 spiro atoms. The van der Waals surface area contributed by atoms with Gasteiger partial charge in [0.25, 0.3) is 5.91 Å². The summed E-state index contributed by atoms with van der Waals surface area (Å²) in [7, 11) is 0. The molecule has 0 unspecified atom stereocenters. The van der Waals surface area contributed by atoms with Crippen molar-refractivity contribution < 1.29 is 9.53 Å². The summed E-state index contributed by atoms with van der Waals surface area (Å²) in [4.78, 5) is 16.6. The molecule has 0 atom stereocenters. The zero-order valence-electron chi connectivity index (χ0n) is 13.6. The number of rotatable bonds is 6. The smallest absolute Gasteiger partial charge is 0.257 e. The van der Waals surface area contributed by atoms with Crippen LogP contribution in [-0.2, 0) is 6.61 Å². The van der Waals surface area contributed by atoms with Crippen LogP contribution >= 0.6 is 22.7 Å². The minimum absolute atomic E-state index is 0.194. The van der Waals surface area contributed by atoms with E-state index in [-0.39, 0.29) is 5.91 Å². The van der Waals surface area contributed by atoms with Gasteiger partial charge in [-0.1, -0.05) is 11.3 Å². The fourth-order valence-electron chi connectivity index (χ4n) is 2.28. The Kier molecular flexibility index (Phi) is 4.46. The van der Waals surface area contributed by atoms with Crippen LogP contribution < -0.4 is 10.1 Å². The highest BCUT2D eigenvalue weighted by atomic mass is 32.1. The van der Waals surface area contributed by atoms with Crippen molar-refractivity contribution in [1.29, 1.82) is 0 Å². The average Bonchev–Trinajstić information content (AvgIpc) is 3.23. The van der Waals surface area contributed by atoms with Gasteiger partial charge in [-0.15, -0.1) is 21.5 Å². The summed E-state index contributed by atoms with van der Waals surface area (Å²) in [5.74, 6) is 1.05. The minimum Gasteiger partial charge on any atom is -0.487 e. The molecule has 1 saturated carbocycles. The Balaban J connectivity index is 1.34. The lowest BCUT2D eigenvalue weighted by atomic mass is 10.2. The van der Waals surface area contributed by atoms with Crippen LogP contribution in [0.2, 0.25) is 0 Å². The van der Waals surface area contributed by atoms with Gasteiger partial charge in [-0.3, -0.25) is 10.1 Å². The van der Waals surface area contributed by atoms with Crippen LogP contribution in [0.3, 0.4) is 0 Å². The molecule has 1 aliphatic carbocycles. The summed E-state index contributed by atoms with van der Waals surface area (Å²) in [6.45, 7) is 2.39. The van der Waals surface area contributed by atoms with Crippen LogP contribution in [0.25, 0.3) is 0 Å². The van der Waals surface area contributed by atoms with Crippen molar-refractivity contribution in [1.82, 2.24) is 15.2 Å². The molecule has 1 N–H and O–H groups in total. The topological polar surface area (TPSA) is 77.0 Å². The number of ether oxygens (including phenoxy) is 1. The van der Waals surface area contributed by atoms with Gasteiger partial charge in [-0.2, -0.15) is 0 Å². The number of aromatic nitrogens is 3. The molecular weight excluding hydrogens is 356 g/mol. The van der Waals surface area contributed by atoms with Crippen molar-refractivity contribution in [2.45, 2.75) is 32.3 Å². The Morgan fingerprint density at radius 2 is 2.08 bits per heavy atom. The Morgan fingerprint density at radius 1 is 1.28 bits per heavy atom. The quantitative estimate of drug-likeness (QED) is 0.707. The molecule has 1 fully saturated rings. The van der Waals surface area contributed by atoms with E-state index >= 15 is 0 Å². The van der Waals surface area contributed by atoms with Crippen molar-refractivity contribution in [2.24, 2.45) is 0 Å². The maximum Gasteiger partial charge on any atom is 0.257 e. The predicted octanol–water partition coefficient (Wildman–Crippen LogP) is 4.01. The first-order chi connectivity index (χ1) is 12.2. The number of thiazole rings is 1. The van der Waals surface area contributed by atoms with Crippen LogP contribution in [0.4, 0.5) is 5.13 Å². The van der Waals surface area contributed by atoms with Gasteiger partial charge in [-0.05, 0) is 44.0 Å². The van der Waals surface area contributed by atoms with Gasteiger partial charge in [0.15, 0.2) is 0 Å². The minimum atomic E-state index is -0.194. The van der Waals surface area contributed by atoms with Crippen molar-refractivity contribution in [3.8, 4) is 5.75 Å². The summed E-state index contributed by atoms with van der Waals surface area (Å²) < 4.78 is 5.69. The Hall–Kier alpha value is -2.32. The largest absolute Gasteiger partial charge is 0.487 e. The fourth-order valence-corrected chi connectivity index (χ4v) is 3.79. The number of benzene rings is 1. The Labute approximate surface area is 152 Å². The molecule has 0 bridgehead atoms. The van der Waals surface area contributed by atoms with Gasteiger partial charge >= 0.3 is 0 Å². The SMILES string of the molecule is Cc1nc(COc2ccc(C(=O)Nc3nnc(C4CC4)s3)cc2)cs1. The van der Waals surface area contributed by atoms with E-state index in [9.17, 15) is 4.79 Å². The first-order valence-corrected chi connectivity index (χ1v) is 9.65. The van der Waals surface area contributed by atoms with E-state index in [2.05, 4.69) is 20.5 Å². The number of carbonyl (C=O) groups is 1. The van der Waals surface area contributed by atoms with E-state index < -0.39 is 0 Å². The molecule has 0 aliphatic heterocycles.